The van der Waals surface area contributed by atoms with Crippen molar-refractivity contribution in [2.45, 2.75) is 50.5 Å². The van der Waals surface area contributed by atoms with Crippen LogP contribution in [-0.2, 0) is 0 Å². The van der Waals surface area contributed by atoms with Gasteiger partial charge in [0.2, 0.25) is 0 Å². The second kappa shape index (κ2) is 9.68. The molecule has 5 heteroatoms. The number of likely N-dealkylation sites (N-methyl/N-ethyl adjacent to an activating group) is 1. The van der Waals surface area contributed by atoms with Crippen molar-refractivity contribution in [3.05, 3.63) is 48.0 Å². The zero-order chi connectivity index (χ0) is 21.0. The number of amides is 1. The van der Waals surface area contributed by atoms with Crippen molar-refractivity contribution in [1.82, 2.24) is 10.2 Å². The van der Waals surface area contributed by atoms with E-state index in [2.05, 4.69) is 86.1 Å². The molecule has 156 valence electrons. The summed E-state index contributed by atoms with van der Waals surface area (Å²) in [6, 6.07) is 15.0. The second-order valence-electron chi connectivity index (χ2n) is 8.06. The summed E-state index contributed by atoms with van der Waals surface area (Å²) in [5.41, 5.74) is 3.08. The third-order valence-corrected chi connectivity index (χ3v) is 6.48. The highest BCUT2D eigenvalue weighted by Gasteiger charge is 2.28. The minimum atomic E-state index is 0.00158. The van der Waals surface area contributed by atoms with Crippen LogP contribution in [0.4, 0.5) is 11.4 Å². The zero-order valence-corrected chi connectivity index (χ0v) is 19.1. The molecule has 0 spiro atoms. The van der Waals surface area contributed by atoms with Crippen LogP contribution in [0.5, 0.6) is 0 Å². The average Bonchev–Trinajstić information content (AvgIpc) is 2.73. The normalized spacial score (nSPS) is 14.0. The summed E-state index contributed by atoms with van der Waals surface area (Å²) in [4.78, 5) is 20.0. The lowest BCUT2D eigenvalue weighted by Crippen LogP contribution is -2.41. The molecule has 2 aromatic rings. The molecule has 1 atom stereocenters. The van der Waals surface area contributed by atoms with Gasteiger partial charge >= 0.3 is 0 Å². The standard InChI is InChI=1S/C24H33N3OS/c1-6-26(7-2)16-18(5)27-20-10-8-9-11-22(20)29-23-13-12-19(14-21(23)27)24(28)25-15-17(3)4/h8-14,17-18H,6-7,15-16H2,1-5H3,(H,25,28)/t18-/m1/s1. The molecule has 0 fully saturated rings. The van der Waals surface area contributed by atoms with Crippen LogP contribution in [0.15, 0.2) is 52.3 Å². The van der Waals surface area contributed by atoms with Gasteiger partial charge < -0.3 is 15.1 Å². The summed E-state index contributed by atoms with van der Waals surface area (Å²) in [6.07, 6.45) is 0. The molecule has 0 bridgehead atoms. The number of carbonyl (C=O) groups is 1. The van der Waals surface area contributed by atoms with Crippen LogP contribution >= 0.6 is 11.8 Å². The third kappa shape index (κ3) is 4.96. The largest absolute Gasteiger partial charge is 0.352 e. The third-order valence-electron chi connectivity index (χ3n) is 5.35. The Morgan fingerprint density at radius 3 is 2.41 bits per heavy atom. The van der Waals surface area contributed by atoms with Crippen LogP contribution in [0, 0.1) is 5.92 Å². The molecule has 29 heavy (non-hydrogen) atoms. The van der Waals surface area contributed by atoms with Gasteiger partial charge in [-0.05, 0) is 56.3 Å². The lowest BCUT2D eigenvalue weighted by Gasteiger charge is -2.39. The van der Waals surface area contributed by atoms with Gasteiger partial charge in [0.25, 0.3) is 5.91 Å². The van der Waals surface area contributed by atoms with E-state index in [4.69, 9.17) is 0 Å². The van der Waals surface area contributed by atoms with Gasteiger partial charge in [-0.1, -0.05) is 51.6 Å². The number of hydrogen-bond acceptors (Lipinski definition) is 4. The highest BCUT2D eigenvalue weighted by molar-refractivity contribution is 7.99. The molecule has 2 aromatic carbocycles. The van der Waals surface area contributed by atoms with Crippen LogP contribution in [0.1, 0.15) is 45.0 Å². The SMILES string of the molecule is CCN(CC)C[C@@H](C)N1c2ccccc2Sc2ccc(C(=O)NCC(C)C)cc21. The minimum Gasteiger partial charge on any atom is -0.352 e. The van der Waals surface area contributed by atoms with Gasteiger partial charge in [0.05, 0.1) is 11.4 Å². The van der Waals surface area contributed by atoms with Crippen molar-refractivity contribution in [2.75, 3.05) is 31.1 Å². The molecule has 1 N–H and O–H groups in total. The number of rotatable bonds is 8. The maximum absolute atomic E-state index is 12.7. The van der Waals surface area contributed by atoms with Gasteiger partial charge in [0.1, 0.15) is 0 Å². The smallest absolute Gasteiger partial charge is 0.251 e. The van der Waals surface area contributed by atoms with E-state index >= 15 is 0 Å². The first-order valence-corrected chi connectivity index (χ1v) is 11.5. The molecule has 0 aliphatic carbocycles. The molecule has 0 saturated carbocycles. The van der Waals surface area contributed by atoms with Crippen molar-refractivity contribution < 1.29 is 4.79 Å². The van der Waals surface area contributed by atoms with E-state index in [1.54, 1.807) is 11.8 Å². The highest BCUT2D eigenvalue weighted by atomic mass is 32.2. The number of nitrogens with one attached hydrogen (secondary N) is 1. The quantitative estimate of drug-likeness (QED) is 0.630. The van der Waals surface area contributed by atoms with Gasteiger partial charge in [0, 0.05) is 34.5 Å². The number of fused-ring (bicyclic) bond motifs is 2. The monoisotopic (exact) mass is 411 g/mol. The second-order valence-corrected chi connectivity index (χ2v) is 9.14. The van der Waals surface area contributed by atoms with Crippen molar-refractivity contribution in [2.24, 2.45) is 5.92 Å². The number of carbonyl (C=O) groups excluding carboxylic acids is 1. The first-order chi connectivity index (χ1) is 13.9. The van der Waals surface area contributed by atoms with Crippen LogP contribution in [0.25, 0.3) is 0 Å². The Hall–Kier alpha value is -1.98. The predicted octanol–water partition coefficient (Wildman–Crippen LogP) is 5.41. The van der Waals surface area contributed by atoms with E-state index in [9.17, 15) is 4.79 Å². The molecular formula is C24H33N3OS. The van der Waals surface area contributed by atoms with E-state index in [0.717, 1.165) is 30.9 Å². The van der Waals surface area contributed by atoms with E-state index in [1.807, 2.05) is 6.07 Å². The van der Waals surface area contributed by atoms with Gasteiger partial charge in [-0.3, -0.25) is 4.79 Å². The van der Waals surface area contributed by atoms with Crippen molar-refractivity contribution in [3.8, 4) is 0 Å². The molecule has 1 heterocycles. The van der Waals surface area contributed by atoms with Gasteiger partial charge in [0.15, 0.2) is 0 Å². The summed E-state index contributed by atoms with van der Waals surface area (Å²) in [6.45, 7) is 14.7. The first-order valence-electron chi connectivity index (χ1n) is 10.6. The van der Waals surface area contributed by atoms with Gasteiger partial charge in [-0.15, -0.1) is 0 Å². The summed E-state index contributed by atoms with van der Waals surface area (Å²) < 4.78 is 0. The fourth-order valence-electron chi connectivity index (χ4n) is 3.73. The topological polar surface area (TPSA) is 35.6 Å². The lowest BCUT2D eigenvalue weighted by atomic mass is 10.1. The zero-order valence-electron chi connectivity index (χ0n) is 18.2. The number of para-hydroxylation sites is 1. The fourth-order valence-corrected chi connectivity index (χ4v) is 4.79. The van der Waals surface area contributed by atoms with Crippen molar-refractivity contribution in [3.63, 3.8) is 0 Å². The number of benzene rings is 2. The maximum atomic E-state index is 12.7. The molecule has 1 aliphatic rings. The Morgan fingerprint density at radius 1 is 1.03 bits per heavy atom. The maximum Gasteiger partial charge on any atom is 0.251 e. The Bertz CT molecular complexity index is 848. The van der Waals surface area contributed by atoms with Gasteiger partial charge in [-0.2, -0.15) is 0 Å². The minimum absolute atomic E-state index is 0.00158. The van der Waals surface area contributed by atoms with Gasteiger partial charge in [-0.25, -0.2) is 0 Å². The molecule has 0 aromatic heterocycles. The fraction of sp³-hybridized carbons (Fsp3) is 0.458. The predicted molar refractivity (Wildman–Crippen MR) is 124 cm³/mol. The van der Waals surface area contributed by atoms with E-state index in [0.29, 0.717) is 18.5 Å². The van der Waals surface area contributed by atoms with E-state index in [-0.39, 0.29) is 5.91 Å². The number of hydrogen-bond donors (Lipinski definition) is 1. The van der Waals surface area contributed by atoms with Crippen molar-refractivity contribution in [1.29, 1.82) is 0 Å². The molecule has 3 rings (SSSR count). The molecule has 0 saturated heterocycles. The number of anilines is 2. The molecular weight excluding hydrogens is 378 g/mol. The number of nitrogens with zero attached hydrogens (tertiary/aromatic N) is 2. The summed E-state index contributed by atoms with van der Waals surface area (Å²) in [7, 11) is 0. The average molecular weight is 412 g/mol. The molecule has 0 unspecified atom stereocenters. The molecule has 4 nitrogen and oxygen atoms in total. The van der Waals surface area contributed by atoms with E-state index in [1.165, 1.54) is 15.5 Å². The van der Waals surface area contributed by atoms with Crippen LogP contribution in [0.3, 0.4) is 0 Å². The van der Waals surface area contributed by atoms with Crippen LogP contribution in [0.2, 0.25) is 0 Å². The summed E-state index contributed by atoms with van der Waals surface area (Å²) in [5.74, 6) is 0.436. The van der Waals surface area contributed by atoms with Crippen molar-refractivity contribution >= 4 is 29.0 Å². The Balaban J connectivity index is 1.97. The first kappa shape index (κ1) is 21.7. The lowest BCUT2D eigenvalue weighted by molar-refractivity contribution is 0.0949. The Labute approximate surface area is 179 Å². The Morgan fingerprint density at radius 2 is 1.72 bits per heavy atom. The summed E-state index contributed by atoms with van der Waals surface area (Å²) >= 11 is 1.79. The van der Waals surface area contributed by atoms with E-state index < -0.39 is 0 Å². The Kier molecular flexibility index (Phi) is 7.25. The molecule has 1 amide bonds. The summed E-state index contributed by atoms with van der Waals surface area (Å²) in [5, 5.41) is 3.05. The molecule has 0 radical (unpaired) electrons. The highest BCUT2D eigenvalue weighted by Crippen LogP contribution is 2.49. The van der Waals surface area contributed by atoms with Crippen LogP contribution in [-0.4, -0.2) is 43.0 Å². The molecule has 1 aliphatic heterocycles. The van der Waals surface area contributed by atoms with Crippen LogP contribution < -0.4 is 10.2 Å².